The van der Waals surface area contributed by atoms with Crippen molar-refractivity contribution in [3.63, 3.8) is 0 Å². The SMILES string of the molecule is COCC1(CNC(=O)c2cc(C)ccc2N2CCCC2)CCNCC1.Cl.Cl. The Labute approximate surface area is 175 Å². The van der Waals surface area contributed by atoms with Crippen LogP contribution in [-0.2, 0) is 4.74 Å². The number of carbonyl (C=O) groups excluding carboxylic acids is 1. The smallest absolute Gasteiger partial charge is 0.253 e. The van der Waals surface area contributed by atoms with Gasteiger partial charge in [-0.3, -0.25) is 4.79 Å². The van der Waals surface area contributed by atoms with Gasteiger partial charge in [0, 0.05) is 37.8 Å². The molecule has 2 fully saturated rings. The third-order valence-electron chi connectivity index (χ3n) is 5.58. The largest absolute Gasteiger partial charge is 0.384 e. The fourth-order valence-electron chi connectivity index (χ4n) is 4.06. The Morgan fingerprint density at radius 2 is 1.89 bits per heavy atom. The summed E-state index contributed by atoms with van der Waals surface area (Å²) in [5.74, 6) is 0.0413. The minimum Gasteiger partial charge on any atom is -0.384 e. The van der Waals surface area contributed by atoms with Crippen molar-refractivity contribution in [2.45, 2.75) is 32.6 Å². The highest BCUT2D eigenvalue weighted by atomic mass is 35.5. The Kier molecular flexibility index (Phi) is 9.88. The number of nitrogens with one attached hydrogen (secondary N) is 2. The first-order valence-electron chi connectivity index (χ1n) is 9.47. The van der Waals surface area contributed by atoms with E-state index in [1.54, 1.807) is 7.11 Å². The fourth-order valence-corrected chi connectivity index (χ4v) is 4.06. The van der Waals surface area contributed by atoms with E-state index in [1.165, 1.54) is 12.8 Å². The number of halogens is 2. The van der Waals surface area contributed by atoms with Crippen LogP contribution in [0.5, 0.6) is 0 Å². The first-order chi connectivity index (χ1) is 12.1. The molecule has 5 nitrogen and oxygen atoms in total. The molecule has 0 aliphatic carbocycles. The lowest BCUT2D eigenvalue weighted by atomic mass is 9.79. The molecule has 0 unspecified atom stereocenters. The van der Waals surface area contributed by atoms with Gasteiger partial charge < -0.3 is 20.3 Å². The molecule has 3 rings (SSSR count). The van der Waals surface area contributed by atoms with Gasteiger partial charge in [0.2, 0.25) is 0 Å². The molecule has 0 atom stereocenters. The lowest BCUT2D eigenvalue weighted by Crippen LogP contribution is -2.47. The van der Waals surface area contributed by atoms with Gasteiger partial charge in [-0.25, -0.2) is 0 Å². The summed E-state index contributed by atoms with van der Waals surface area (Å²) in [6, 6.07) is 6.23. The van der Waals surface area contributed by atoms with E-state index < -0.39 is 0 Å². The first-order valence-corrected chi connectivity index (χ1v) is 9.47. The topological polar surface area (TPSA) is 53.6 Å². The predicted octanol–water partition coefficient (Wildman–Crippen LogP) is 3.18. The van der Waals surface area contributed by atoms with Crippen LogP contribution in [0.3, 0.4) is 0 Å². The van der Waals surface area contributed by atoms with E-state index in [9.17, 15) is 4.79 Å². The average Bonchev–Trinajstić information content (AvgIpc) is 3.15. The molecule has 27 heavy (non-hydrogen) atoms. The third-order valence-corrected chi connectivity index (χ3v) is 5.58. The molecule has 1 aromatic rings. The first kappa shape index (κ1) is 24.0. The number of piperidine rings is 1. The molecule has 2 aliphatic heterocycles. The maximum Gasteiger partial charge on any atom is 0.253 e. The Balaban J connectivity index is 0.00000182. The Morgan fingerprint density at radius 1 is 1.22 bits per heavy atom. The van der Waals surface area contributed by atoms with Gasteiger partial charge in [0.05, 0.1) is 12.2 Å². The van der Waals surface area contributed by atoms with Crippen molar-refractivity contribution in [1.82, 2.24) is 10.6 Å². The highest BCUT2D eigenvalue weighted by Crippen LogP contribution is 2.29. The van der Waals surface area contributed by atoms with Crippen LogP contribution in [0.25, 0.3) is 0 Å². The van der Waals surface area contributed by atoms with Crippen LogP contribution in [0.4, 0.5) is 5.69 Å². The highest BCUT2D eigenvalue weighted by Gasteiger charge is 2.33. The maximum atomic E-state index is 13.0. The molecule has 2 aliphatic rings. The number of ether oxygens (including phenoxy) is 1. The number of hydrogen-bond donors (Lipinski definition) is 2. The normalized spacial score (nSPS) is 18.4. The molecule has 0 saturated carbocycles. The Bertz CT molecular complexity index is 595. The van der Waals surface area contributed by atoms with Crippen LogP contribution in [0, 0.1) is 12.3 Å². The van der Waals surface area contributed by atoms with Crippen molar-refractivity contribution in [1.29, 1.82) is 0 Å². The second kappa shape index (κ2) is 11.1. The van der Waals surface area contributed by atoms with E-state index in [1.807, 2.05) is 13.0 Å². The van der Waals surface area contributed by atoms with Crippen LogP contribution in [0.2, 0.25) is 0 Å². The number of methoxy groups -OCH3 is 1. The lowest BCUT2D eigenvalue weighted by molar-refractivity contribution is 0.0512. The van der Waals surface area contributed by atoms with E-state index in [2.05, 4.69) is 27.7 Å². The van der Waals surface area contributed by atoms with Gasteiger partial charge in [-0.05, 0) is 57.8 Å². The number of aryl methyl sites for hydroxylation is 1. The number of nitrogens with zero attached hydrogens (tertiary/aromatic N) is 1. The predicted molar refractivity (Wildman–Crippen MR) is 116 cm³/mol. The summed E-state index contributed by atoms with van der Waals surface area (Å²) in [4.78, 5) is 15.3. The monoisotopic (exact) mass is 417 g/mol. The van der Waals surface area contributed by atoms with Gasteiger partial charge in [0.1, 0.15) is 0 Å². The van der Waals surface area contributed by atoms with Crippen molar-refractivity contribution < 1.29 is 9.53 Å². The summed E-state index contributed by atoms with van der Waals surface area (Å²) in [7, 11) is 1.75. The summed E-state index contributed by atoms with van der Waals surface area (Å²) >= 11 is 0. The molecule has 154 valence electrons. The fraction of sp³-hybridized carbons (Fsp3) is 0.650. The highest BCUT2D eigenvalue weighted by molar-refractivity contribution is 6.00. The summed E-state index contributed by atoms with van der Waals surface area (Å²) in [6.45, 7) is 7.48. The van der Waals surface area contributed by atoms with E-state index in [-0.39, 0.29) is 36.1 Å². The van der Waals surface area contributed by atoms with E-state index in [0.29, 0.717) is 13.2 Å². The number of amides is 1. The van der Waals surface area contributed by atoms with Crippen LogP contribution >= 0.6 is 24.8 Å². The minimum absolute atomic E-state index is 0. The molecule has 2 N–H and O–H groups in total. The molecule has 0 spiro atoms. The molecule has 0 aromatic heterocycles. The molecule has 2 heterocycles. The van der Waals surface area contributed by atoms with Gasteiger partial charge in [0.15, 0.2) is 0 Å². The average molecular weight is 418 g/mol. The van der Waals surface area contributed by atoms with E-state index in [0.717, 1.165) is 55.8 Å². The number of benzene rings is 1. The van der Waals surface area contributed by atoms with E-state index in [4.69, 9.17) is 4.74 Å². The zero-order chi connectivity index (χ0) is 17.7. The van der Waals surface area contributed by atoms with Gasteiger partial charge >= 0.3 is 0 Å². The summed E-state index contributed by atoms with van der Waals surface area (Å²) in [5, 5.41) is 6.61. The van der Waals surface area contributed by atoms with Crippen molar-refractivity contribution >= 4 is 36.4 Å². The van der Waals surface area contributed by atoms with Crippen molar-refractivity contribution in [3.8, 4) is 0 Å². The van der Waals surface area contributed by atoms with E-state index >= 15 is 0 Å². The van der Waals surface area contributed by atoms with Crippen LogP contribution < -0.4 is 15.5 Å². The number of rotatable bonds is 6. The van der Waals surface area contributed by atoms with Crippen molar-refractivity contribution in [2.24, 2.45) is 5.41 Å². The van der Waals surface area contributed by atoms with Crippen molar-refractivity contribution in [3.05, 3.63) is 29.3 Å². The quantitative estimate of drug-likeness (QED) is 0.745. The van der Waals surface area contributed by atoms with Gasteiger partial charge in [0.25, 0.3) is 5.91 Å². The number of anilines is 1. The second-order valence-electron chi connectivity index (χ2n) is 7.58. The van der Waals surface area contributed by atoms with Crippen LogP contribution in [-0.4, -0.2) is 52.3 Å². The summed E-state index contributed by atoms with van der Waals surface area (Å²) in [6.07, 6.45) is 4.49. The molecule has 0 bridgehead atoms. The zero-order valence-corrected chi connectivity index (χ0v) is 18.0. The third kappa shape index (κ3) is 5.98. The second-order valence-corrected chi connectivity index (χ2v) is 7.58. The molecule has 0 radical (unpaired) electrons. The molecule has 2 saturated heterocycles. The zero-order valence-electron chi connectivity index (χ0n) is 16.4. The number of carbonyl (C=O) groups is 1. The molecule has 1 amide bonds. The van der Waals surface area contributed by atoms with Crippen molar-refractivity contribution in [2.75, 3.05) is 51.3 Å². The van der Waals surface area contributed by atoms with Crippen LogP contribution in [0.1, 0.15) is 41.6 Å². The molecular weight excluding hydrogens is 385 g/mol. The summed E-state index contributed by atoms with van der Waals surface area (Å²) < 4.78 is 5.46. The maximum absolute atomic E-state index is 13.0. The van der Waals surface area contributed by atoms with Gasteiger partial charge in [-0.2, -0.15) is 0 Å². The lowest BCUT2D eigenvalue weighted by Gasteiger charge is -2.37. The molecule has 1 aromatic carbocycles. The molecule has 7 heteroatoms. The Morgan fingerprint density at radius 3 is 2.52 bits per heavy atom. The van der Waals surface area contributed by atoms with Crippen LogP contribution in [0.15, 0.2) is 18.2 Å². The Hall–Kier alpha value is -1.01. The number of hydrogen-bond acceptors (Lipinski definition) is 4. The van der Waals surface area contributed by atoms with Gasteiger partial charge in [-0.15, -0.1) is 24.8 Å². The minimum atomic E-state index is 0. The molecular formula is C20H33Cl2N3O2. The van der Waals surface area contributed by atoms with Gasteiger partial charge in [-0.1, -0.05) is 11.6 Å². The summed E-state index contributed by atoms with van der Waals surface area (Å²) in [5.41, 5.74) is 3.06. The standard InChI is InChI=1S/C20H31N3O2.2ClH/c1-16-5-6-18(23-11-3-4-12-23)17(13-16)19(24)22-14-20(15-25-2)7-9-21-10-8-20;;/h5-6,13,21H,3-4,7-12,14-15H2,1-2H3,(H,22,24);2*1H.